The highest BCUT2D eigenvalue weighted by Gasteiger charge is 2.29. The van der Waals surface area contributed by atoms with Crippen molar-refractivity contribution in [2.75, 3.05) is 10.6 Å². The third-order valence-electron chi connectivity index (χ3n) is 4.20. The van der Waals surface area contributed by atoms with Crippen LogP contribution in [0.5, 0.6) is 11.5 Å². The number of anilines is 2. The molecule has 5 nitrogen and oxygen atoms in total. The second-order valence-corrected chi connectivity index (χ2v) is 7.93. The van der Waals surface area contributed by atoms with Crippen LogP contribution in [0.1, 0.15) is 22.5 Å². The Morgan fingerprint density at radius 1 is 0.964 bits per heavy atom. The fraction of sp³-hybridized carbons (Fsp3) is 0.143. The molecule has 2 aromatic carbocycles. The number of carbonyl (C=O) groups is 2. The molecule has 1 aromatic heterocycles. The lowest BCUT2D eigenvalue weighted by molar-refractivity contribution is -0.117. The van der Waals surface area contributed by atoms with Crippen molar-refractivity contribution in [1.29, 1.82) is 0 Å². The second-order valence-electron chi connectivity index (χ2n) is 6.44. The number of rotatable bonds is 6. The number of para-hydroxylation sites is 1. The van der Waals surface area contributed by atoms with Gasteiger partial charge in [0.2, 0.25) is 5.91 Å². The van der Waals surface area contributed by atoms with Gasteiger partial charge in [-0.25, -0.2) is 0 Å². The largest absolute Gasteiger partial charge is 0.456 e. The Kier molecular flexibility index (Phi) is 5.32. The molecular formula is C21H17ClN2O3S. The monoisotopic (exact) mass is 412 g/mol. The first-order valence-corrected chi connectivity index (χ1v) is 10.0. The summed E-state index contributed by atoms with van der Waals surface area (Å²) in [5, 5.41) is 6.91. The van der Waals surface area contributed by atoms with Crippen LogP contribution in [-0.4, -0.2) is 11.8 Å². The van der Waals surface area contributed by atoms with E-state index in [1.165, 1.54) is 11.3 Å². The maximum absolute atomic E-state index is 12.4. The molecule has 0 atom stereocenters. The predicted molar refractivity (Wildman–Crippen MR) is 112 cm³/mol. The van der Waals surface area contributed by atoms with Crippen molar-refractivity contribution in [3.63, 3.8) is 0 Å². The molecule has 142 valence electrons. The maximum atomic E-state index is 12.4. The van der Waals surface area contributed by atoms with Gasteiger partial charge in [-0.2, -0.15) is 0 Å². The van der Waals surface area contributed by atoms with Crippen LogP contribution < -0.4 is 15.4 Å². The lowest BCUT2D eigenvalue weighted by Gasteiger charge is -2.08. The molecule has 28 heavy (non-hydrogen) atoms. The van der Waals surface area contributed by atoms with E-state index in [1.807, 2.05) is 12.1 Å². The highest BCUT2D eigenvalue weighted by Crippen LogP contribution is 2.32. The molecule has 1 aliphatic rings. The third-order valence-corrected chi connectivity index (χ3v) is 5.51. The van der Waals surface area contributed by atoms with Gasteiger partial charge < -0.3 is 15.4 Å². The van der Waals surface area contributed by atoms with Crippen molar-refractivity contribution in [2.24, 2.45) is 5.92 Å². The van der Waals surface area contributed by atoms with Crippen LogP contribution in [0.25, 0.3) is 0 Å². The minimum atomic E-state index is -0.225. The van der Waals surface area contributed by atoms with Gasteiger partial charge in [0.05, 0.1) is 14.9 Å². The van der Waals surface area contributed by atoms with Gasteiger partial charge >= 0.3 is 0 Å². The van der Waals surface area contributed by atoms with E-state index < -0.39 is 0 Å². The van der Waals surface area contributed by atoms with E-state index in [1.54, 1.807) is 48.5 Å². The number of ether oxygens (including phenoxy) is 1. The van der Waals surface area contributed by atoms with E-state index in [0.29, 0.717) is 32.1 Å². The molecule has 2 amide bonds. The molecule has 3 aromatic rings. The van der Waals surface area contributed by atoms with Crippen LogP contribution in [0.2, 0.25) is 5.02 Å². The van der Waals surface area contributed by atoms with E-state index in [0.717, 1.165) is 12.8 Å². The predicted octanol–water partition coefficient (Wildman–Crippen LogP) is 5.79. The molecule has 0 unspecified atom stereocenters. The van der Waals surface area contributed by atoms with Crippen molar-refractivity contribution in [3.8, 4) is 11.5 Å². The molecular weight excluding hydrogens is 396 g/mol. The summed E-state index contributed by atoms with van der Waals surface area (Å²) in [7, 11) is 0. The van der Waals surface area contributed by atoms with E-state index in [-0.39, 0.29) is 17.7 Å². The molecule has 0 aliphatic heterocycles. The fourth-order valence-electron chi connectivity index (χ4n) is 2.55. The fourth-order valence-corrected chi connectivity index (χ4v) is 3.53. The minimum absolute atomic E-state index is 0.0305. The first-order chi connectivity index (χ1) is 13.6. The zero-order valence-corrected chi connectivity index (χ0v) is 16.3. The van der Waals surface area contributed by atoms with Gasteiger partial charge in [0.25, 0.3) is 5.91 Å². The second kappa shape index (κ2) is 8.04. The maximum Gasteiger partial charge on any atom is 0.265 e. The highest BCUT2D eigenvalue weighted by atomic mass is 35.5. The number of hydrogen-bond acceptors (Lipinski definition) is 4. The van der Waals surface area contributed by atoms with E-state index in [2.05, 4.69) is 10.6 Å². The Labute approximate surface area is 171 Å². The lowest BCUT2D eigenvalue weighted by atomic mass is 10.3. The average molecular weight is 413 g/mol. The van der Waals surface area contributed by atoms with E-state index in [4.69, 9.17) is 16.3 Å². The molecule has 1 heterocycles. The van der Waals surface area contributed by atoms with Crippen LogP contribution in [0.4, 0.5) is 10.7 Å². The molecule has 2 N–H and O–H groups in total. The molecule has 4 rings (SSSR count). The highest BCUT2D eigenvalue weighted by molar-refractivity contribution is 7.18. The van der Waals surface area contributed by atoms with Crippen molar-refractivity contribution in [1.82, 2.24) is 0 Å². The number of carbonyl (C=O) groups excluding carboxylic acids is 2. The standard InChI is InChI=1S/C21H17ClN2O3S/c22-16-3-1-2-4-17(16)27-15-9-7-14(8-10-15)23-21(26)18-11-12-19(28-18)24-20(25)13-5-6-13/h1-4,7-13H,5-6H2,(H,23,26)(H,24,25). The van der Waals surface area contributed by atoms with Crippen molar-refractivity contribution < 1.29 is 14.3 Å². The van der Waals surface area contributed by atoms with Crippen molar-refractivity contribution in [3.05, 3.63) is 70.6 Å². The summed E-state index contributed by atoms with van der Waals surface area (Å²) in [4.78, 5) is 24.8. The van der Waals surface area contributed by atoms with Gasteiger partial charge in [-0.1, -0.05) is 23.7 Å². The van der Waals surface area contributed by atoms with Crippen molar-refractivity contribution in [2.45, 2.75) is 12.8 Å². The summed E-state index contributed by atoms with van der Waals surface area (Å²) in [5.41, 5.74) is 0.647. The SMILES string of the molecule is O=C(Nc1ccc(Oc2ccccc2Cl)cc1)c1ccc(NC(=O)C2CC2)s1. The summed E-state index contributed by atoms with van der Waals surface area (Å²) in [6.07, 6.45) is 1.89. The van der Waals surface area contributed by atoms with Gasteiger partial charge in [0.1, 0.15) is 11.5 Å². The van der Waals surface area contributed by atoms with Crippen LogP contribution in [0, 0.1) is 5.92 Å². The van der Waals surface area contributed by atoms with Gasteiger partial charge in [0, 0.05) is 11.6 Å². The quantitative estimate of drug-likeness (QED) is 0.538. The number of benzene rings is 2. The lowest BCUT2D eigenvalue weighted by Crippen LogP contribution is -2.12. The molecule has 1 saturated carbocycles. The first kappa shape index (κ1) is 18.5. The number of hydrogen-bond donors (Lipinski definition) is 2. The molecule has 1 fully saturated rings. The molecule has 1 aliphatic carbocycles. The molecule has 0 bridgehead atoms. The zero-order chi connectivity index (χ0) is 19.5. The van der Waals surface area contributed by atoms with E-state index in [9.17, 15) is 9.59 Å². The van der Waals surface area contributed by atoms with E-state index >= 15 is 0 Å². The third kappa shape index (κ3) is 4.52. The Balaban J connectivity index is 1.36. The number of halogens is 1. The van der Waals surface area contributed by atoms with Crippen molar-refractivity contribution >= 4 is 45.4 Å². The summed E-state index contributed by atoms with van der Waals surface area (Å²) in [6, 6.07) is 17.7. The number of nitrogens with one attached hydrogen (secondary N) is 2. The Morgan fingerprint density at radius 2 is 1.71 bits per heavy atom. The van der Waals surface area contributed by atoms with Crippen LogP contribution in [0.15, 0.2) is 60.7 Å². The summed E-state index contributed by atoms with van der Waals surface area (Å²) < 4.78 is 5.74. The Hall–Kier alpha value is -2.83. The van der Waals surface area contributed by atoms with Gasteiger partial charge in [-0.15, -0.1) is 11.3 Å². The van der Waals surface area contributed by atoms with Crippen LogP contribution in [-0.2, 0) is 4.79 Å². The normalized spacial score (nSPS) is 13.0. The summed E-state index contributed by atoms with van der Waals surface area (Å²) >= 11 is 7.35. The summed E-state index contributed by atoms with van der Waals surface area (Å²) in [5.74, 6) is 1.12. The number of amides is 2. The van der Waals surface area contributed by atoms with Gasteiger partial charge in [0.15, 0.2) is 0 Å². The summed E-state index contributed by atoms with van der Waals surface area (Å²) in [6.45, 7) is 0. The zero-order valence-electron chi connectivity index (χ0n) is 14.8. The van der Waals surface area contributed by atoms with Crippen LogP contribution in [0.3, 0.4) is 0 Å². The molecule has 7 heteroatoms. The van der Waals surface area contributed by atoms with Gasteiger partial charge in [-0.05, 0) is 61.4 Å². The number of thiophene rings is 1. The Morgan fingerprint density at radius 3 is 2.43 bits per heavy atom. The topological polar surface area (TPSA) is 67.4 Å². The first-order valence-electron chi connectivity index (χ1n) is 8.83. The van der Waals surface area contributed by atoms with Gasteiger partial charge in [-0.3, -0.25) is 9.59 Å². The molecule has 0 saturated heterocycles. The Bertz CT molecular complexity index is 1010. The smallest absolute Gasteiger partial charge is 0.265 e. The molecule has 0 radical (unpaired) electrons. The van der Waals surface area contributed by atoms with Crippen LogP contribution >= 0.6 is 22.9 Å². The minimum Gasteiger partial charge on any atom is -0.456 e. The molecule has 0 spiro atoms. The average Bonchev–Trinajstić information content (AvgIpc) is 3.45.